The molecule has 1 N–H and O–H groups in total. The summed E-state index contributed by atoms with van der Waals surface area (Å²) >= 11 is 0. The van der Waals surface area contributed by atoms with E-state index in [1.54, 1.807) is 41.3 Å². The summed E-state index contributed by atoms with van der Waals surface area (Å²) in [6, 6.07) is 20.7. The molecule has 6 nitrogen and oxygen atoms in total. The van der Waals surface area contributed by atoms with Crippen molar-refractivity contribution in [3.8, 4) is 11.5 Å². The van der Waals surface area contributed by atoms with Crippen molar-refractivity contribution in [2.45, 2.75) is 31.8 Å². The van der Waals surface area contributed by atoms with Gasteiger partial charge in [-0.15, -0.1) is 0 Å². The minimum Gasteiger partial charge on any atom is -0.457 e. The summed E-state index contributed by atoms with van der Waals surface area (Å²) in [6.07, 6.45) is 2.41. The van der Waals surface area contributed by atoms with Gasteiger partial charge in [0.2, 0.25) is 11.8 Å². The average molecular weight is 474 g/mol. The smallest absolute Gasteiger partial charge is 0.247 e. The summed E-state index contributed by atoms with van der Waals surface area (Å²) < 4.78 is 18.8. The van der Waals surface area contributed by atoms with E-state index in [1.807, 2.05) is 6.07 Å². The molecule has 0 aromatic heterocycles. The summed E-state index contributed by atoms with van der Waals surface area (Å²) in [5.41, 5.74) is 3.26. The Hall–Kier alpha value is -3.71. The van der Waals surface area contributed by atoms with Gasteiger partial charge in [-0.2, -0.15) is 0 Å². The van der Waals surface area contributed by atoms with Crippen LogP contribution in [0.25, 0.3) is 0 Å². The maximum atomic E-state index is 13.1. The molecule has 2 heterocycles. The molecule has 1 saturated heterocycles. The summed E-state index contributed by atoms with van der Waals surface area (Å²) in [4.78, 5) is 30.0. The van der Waals surface area contributed by atoms with Crippen LogP contribution in [0, 0.1) is 5.82 Å². The molecule has 0 aliphatic carbocycles. The summed E-state index contributed by atoms with van der Waals surface area (Å²) in [7, 11) is 0. The van der Waals surface area contributed by atoms with Gasteiger partial charge in [-0.3, -0.25) is 14.5 Å². The van der Waals surface area contributed by atoms with E-state index in [0.29, 0.717) is 36.7 Å². The van der Waals surface area contributed by atoms with E-state index >= 15 is 0 Å². The lowest BCUT2D eigenvalue weighted by molar-refractivity contribution is -0.137. The average Bonchev–Trinajstić information content (AvgIpc) is 3.37. The van der Waals surface area contributed by atoms with Crippen molar-refractivity contribution in [3.63, 3.8) is 0 Å². The van der Waals surface area contributed by atoms with Gasteiger partial charge in [0.25, 0.3) is 0 Å². The van der Waals surface area contributed by atoms with E-state index in [4.69, 9.17) is 4.74 Å². The summed E-state index contributed by atoms with van der Waals surface area (Å²) in [6.45, 7) is 2.54. The van der Waals surface area contributed by atoms with Crippen molar-refractivity contribution in [1.82, 2.24) is 9.80 Å². The lowest BCUT2D eigenvalue weighted by atomic mass is 10.00. The number of hydrogen-bond acceptors (Lipinski definition) is 4. The second kappa shape index (κ2) is 10.3. The van der Waals surface area contributed by atoms with Gasteiger partial charge in [0.05, 0.1) is 6.54 Å². The van der Waals surface area contributed by atoms with Gasteiger partial charge in [-0.25, -0.2) is 4.39 Å². The molecule has 0 unspecified atom stereocenters. The number of amides is 2. The largest absolute Gasteiger partial charge is 0.457 e. The number of carbonyl (C=O) groups is 2. The fraction of sp³-hybridized carbons (Fsp3) is 0.286. The highest BCUT2D eigenvalue weighted by atomic mass is 19.1. The number of halogens is 1. The van der Waals surface area contributed by atoms with Gasteiger partial charge in [-0.05, 0) is 78.9 Å². The highest BCUT2D eigenvalue weighted by Crippen LogP contribution is 2.25. The topological polar surface area (TPSA) is 61.9 Å². The Morgan fingerprint density at radius 1 is 0.914 bits per heavy atom. The van der Waals surface area contributed by atoms with E-state index in [-0.39, 0.29) is 17.6 Å². The van der Waals surface area contributed by atoms with Crippen LogP contribution in [0.15, 0.2) is 72.8 Å². The minimum absolute atomic E-state index is 0.00470. The van der Waals surface area contributed by atoms with Crippen LogP contribution in [0.2, 0.25) is 0 Å². The zero-order valence-electron chi connectivity index (χ0n) is 19.5. The molecular weight excluding hydrogens is 445 g/mol. The normalized spacial score (nSPS) is 17.6. The Morgan fingerprint density at radius 2 is 1.60 bits per heavy atom. The molecular formula is C28H28FN3O3. The molecule has 3 aromatic rings. The molecule has 180 valence electrons. The lowest BCUT2D eigenvalue weighted by Crippen LogP contribution is -2.47. The molecule has 1 fully saturated rings. The van der Waals surface area contributed by atoms with Crippen LogP contribution >= 0.6 is 0 Å². The molecule has 5 rings (SSSR count). The highest BCUT2D eigenvalue weighted by molar-refractivity contribution is 5.97. The van der Waals surface area contributed by atoms with Crippen LogP contribution in [0.1, 0.15) is 24.0 Å². The van der Waals surface area contributed by atoms with Crippen molar-refractivity contribution in [3.05, 3.63) is 89.7 Å². The first-order chi connectivity index (χ1) is 17.0. The second-order valence-electron chi connectivity index (χ2n) is 9.04. The molecule has 2 amide bonds. The fourth-order valence-corrected chi connectivity index (χ4v) is 4.78. The molecule has 7 heteroatoms. The van der Waals surface area contributed by atoms with E-state index in [2.05, 4.69) is 28.4 Å². The minimum atomic E-state index is -0.463. The van der Waals surface area contributed by atoms with E-state index in [9.17, 15) is 14.0 Å². The first kappa shape index (κ1) is 23.1. The van der Waals surface area contributed by atoms with Crippen molar-refractivity contribution in [1.29, 1.82) is 0 Å². The Labute approximate surface area is 204 Å². The van der Waals surface area contributed by atoms with Crippen LogP contribution in [-0.2, 0) is 22.6 Å². The third kappa shape index (κ3) is 5.52. The van der Waals surface area contributed by atoms with E-state index < -0.39 is 6.04 Å². The third-order valence-corrected chi connectivity index (χ3v) is 6.62. The number of carbonyl (C=O) groups excluding carboxylic acids is 2. The lowest BCUT2D eigenvalue weighted by Gasteiger charge is -2.31. The quantitative estimate of drug-likeness (QED) is 0.568. The van der Waals surface area contributed by atoms with Crippen LogP contribution in [0.4, 0.5) is 10.1 Å². The second-order valence-corrected chi connectivity index (χ2v) is 9.04. The standard InChI is InChI=1S/C28H28FN3O3/c29-22-7-11-24(12-8-22)35-25-13-9-23(10-14-25)30-28(34)26-6-3-16-32(26)27(33)19-31-17-15-20-4-1-2-5-21(20)18-31/h1-2,4-5,7-14,26H,3,6,15-19H2,(H,30,34)/t26-/m0/s1. The molecule has 0 radical (unpaired) electrons. The van der Waals surface area contributed by atoms with Crippen LogP contribution < -0.4 is 10.1 Å². The summed E-state index contributed by atoms with van der Waals surface area (Å²) in [5.74, 6) is 0.615. The monoisotopic (exact) mass is 473 g/mol. The number of nitrogens with one attached hydrogen (secondary N) is 1. The number of hydrogen-bond donors (Lipinski definition) is 1. The number of benzene rings is 3. The van der Waals surface area contributed by atoms with Gasteiger partial charge in [0.1, 0.15) is 23.4 Å². The van der Waals surface area contributed by atoms with Crippen molar-refractivity contribution in [2.24, 2.45) is 0 Å². The molecule has 0 spiro atoms. The number of rotatable bonds is 6. The van der Waals surface area contributed by atoms with Gasteiger partial charge < -0.3 is 15.0 Å². The molecule has 0 saturated carbocycles. The Kier molecular flexibility index (Phi) is 6.77. The van der Waals surface area contributed by atoms with Crippen molar-refractivity contribution in [2.75, 3.05) is 25.0 Å². The van der Waals surface area contributed by atoms with Crippen LogP contribution in [-0.4, -0.2) is 47.3 Å². The zero-order valence-corrected chi connectivity index (χ0v) is 19.5. The number of fused-ring (bicyclic) bond motifs is 1. The predicted octanol–water partition coefficient (Wildman–Crippen LogP) is 4.61. The van der Waals surface area contributed by atoms with Gasteiger partial charge in [0.15, 0.2) is 0 Å². The van der Waals surface area contributed by atoms with E-state index in [0.717, 1.165) is 25.9 Å². The number of nitrogens with zero attached hydrogens (tertiary/aromatic N) is 2. The number of anilines is 1. The molecule has 0 bridgehead atoms. The van der Waals surface area contributed by atoms with Gasteiger partial charge >= 0.3 is 0 Å². The molecule has 3 aromatic carbocycles. The van der Waals surface area contributed by atoms with Crippen molar-refractivity contribution < 1.29 is 18.7 Å². The van der Waals surface area contributed by atoms with Crippen LogP contribution in [0.5, 0.6) is 11.5 Å². The molecule has 2 aliphatic heterocycles. The number of likely N-dealkylation sites (tertiary alicyclic amines) is 1. The summed E-state index contributed by atoms with van der Waals surface area (Å²) in [5, 5.41) is 2.93. The maximum Gasteiger partial charge on any atom is 0.247 e. The first-order valence-corrected chi connectivity index (χ1v) is 12.0. The number of ether oxygens (including phenoxy) is 1. The predicted molar refractivity (Wildman–Crippen MR) is 132 cm³/mol. The Balaban J connectivity index is 1.16. The van der Waals surface area contributed by atoms with Crippen LogP contribution in [0.3, 0.4) is 0 Å². The maximum absolute atomic E-state index is 13.1. The first-order valence-electron chi connectivity index (χ1n) is 12.0. The highest BCUT2D eigenvalue weighted by Gasteiger charge is 2.35. The molecule has 2 aliphatic rings. The third-order valence-electron chi connectivity index (χ3n) is 6.62. The van der Waals surface area contributed by atoms with Gasteiger partial charge in [0, 0.05) is 25.3 Å². The van der Waals surface area contributed by atoms with Crippen molar-refractivity contribution >= 4 is 17.5 Å². The molecule has 1 atom stereocenters. The van der Waals surface area contributed by atoms with Gasteiger partial charge in [-0.1, -0.05) is 24.3 Å². The molecule has 35 heavy (non-hydrogen) atoms. The Bertz CT molecular complexity index is 1200. The van der Waals surface area contributed by atoms with E-state index in [1.165, 1.54) is 23.3 Å². The zero-order chi connectivity index (χ0) is 24.2. The Morgan fingerprint density at radius 3 is 2.34 bits per heavy atom. The fourth-order valence-electron chi connectivity index (χ4n) is 4.78. The SMILES string of the molecule is O=C(Nc1ccc(Oc2ccc(F)cc2)cc1)[C@@H]1CCCN1C(=O)CN1CCc2ccccc2C1.